The lowest BCUT2D eigenvalue weighted by atomic mass is 9.80. The van der Waals surface area contributed by atoms with Gasteiger partial charge in [0.05, 0.1) is 15.9 Å². The summed E-state index contributed by atoms with van der Waals surface area (Å²) < 4.78 is 12.1. The van der Waals surface area contributed by atoms with Crippen LogP contribution >= 0.6 is 15.9 Å². The molecular weight excluding hydrogens is 279 g/mol. The summed E-state index contributed by atoms with van der Waals surface area (Å²) in [7, 11) is -0.248. The highest BCUT2D eigenvalue weighted by atomic mass is 79.9. The lowest BCUT2D eigenvalue weighted by Crippen LogP contribution is -2.41. The average molecular weight is 297 g/mol. The summed E-state index contributed by atoms with van der Waals surface area (Å²) in [6, 6.07) is 10.2. The minimum Gasteiger partial charge on any atom is -0.402 e. The van der Waals surface area contributed by atoms with Gasteiger partial charge in [0, 0.05) is 0 Å². The minimum absolute atomic E-state index is 0.0600. The van der Waals surface area contributed by atoms with Gasteiger partial charge in [-0.05, 0) is 33.3 Å². The molecule has 4 heteroatoms. The van der Waals surface area contributed by atoms with E-state index in [9.17, 15) is 0 Å². The maximum Gasteiger partial charge on any atom is 0.477 e. The van der Waals surface area contributed by atoms with Crippen molar-refractivity contribution >= 4 is 23.0 Å². The Morgan fingerprint density at radius 3 is 1.94 bits per heavy atom. The van der Waals surface area contributed by atoms with Crippen LogP contribution in [-0.2, 0) is 9.31 Å². The monoisotopic (exact) mass is 296 g/mol. The number of hydrogen-bond donors (Lipinski definition) is 0. The number of alkyl halides is 1. The van der Waals surface area contributed by atoms with Crippen LogP contribution in [0.15, 0.2) is 30.3 Å². The van der Waals surface area contributed by atoms with Crippen LogP contribution in [0.4, 0.5) is 0 Å². The molecule has 1 unspecified atom stereocenters. The van der Waals surface area contributed by atoms with Crippen molar-refractivity contribution in [2.45, 2.75) is 43.6 Å². The molecule has 0 N–H and O–H groups in total. The summed E-state index contributed by atoms with van der Waals surface area (Å²) in [5, 5.41) is 0. The van der Waals surface area contributed by atoms with E-state index in [1.54, 1.807) is 0 Å². The molecule has 2 nitrogen and oxygen atoms in total. The normalized spacial score (nSPS) is 23.7. The molecule has 0 aliphatic carbocycles. The van der Waals surface area contributed by atoms with Crippen molar-refractivity contribution in [1.29, 1.82) is 0 Å². The van der Waals surface area contributed by atoms with E-state index in [0.717, 1.165) is 0 Å². The Morgan fingerprint density at radius 1 is 1.00 bits per heavy atom. The quantitative estimate of drug-likeness (QED) is 0.611. The van der Waals surface area contributed by atoms with Crippen LogP contribution in [0.1, 0.15) is 38.0 Å². The highest BCUT2D eigenvalue weighted by molar-refractivity contribution is 9.09. The first-order valence-electron chi connectivity index (χ1n) is 5.88. The van der Waals surface area contributed by atoms with E-state index in [0.29, 0.717) is 0 Å². The summed E-state index contributed by atoms with van der Waals surface area (Å²) >= 11 is 3.67. The first-order chi connectivity index (χ1) is 7.83. The van der Waals surface area contributed by atoms with Crippen LogP contribution in [0.2, 0.25) is 0 Å². The molecule has 0 bridgehead atoms. The summed E-state index contributed by atoms with van der Waals surface area (Å²) in [4.78, 5) is 0. The third-order valence-corrected chi connectivity index (χ3v) is 4.59. The molecule has 1 aromatic carbocycles. The fourth-order valence-corrected chi connectivity index (χ4v) is 2.32. The first-order valence-corrected chi connectivity index (χ1v) is 6.80. The minimum atomic E-state index is -0.279. The lowest BCUT2D eigenvalue weighted by molar-refractivity contribution is 0.00578. The zero-order chi connectivity index (χ0) is 12.7. The number of halogens is 1. The molecule has 17 heavy (non-hydrogen) atoms. The fraction of sp³-hybridized carbons (Fsp3) is 0.538. The molecule has 1 aromatic rings. The summed E-state index contributed by atoms with van der Waals surface area (Å²) in [5.41, 5.74) is 0.614. The van der Waals surface area contributed by atoms with Crippen molar-refractivity contribution in [2.75, 3.05) is 0 Å². The number of rotatable bonds is 2. The van der Waals surface area contributed by atoms with E-state index >= 15 is 0 Å². The van der Waals surface area contributed by atoms with Gasteiger partial charge in [0.1, 0.15) is 0 Å². The molecule has 0 radical (unpaired) electrons. The standard InChI is InChI=1S/C13H18BBrO2/c1-12(2)13(3,4)17-14(16-12)11(15)10-8-6-5-7-9-10/h5-9,11H,1-4H3. The largest absolute Gasteiger partial charge is 0.477 e. The second-order valence-electron chi connectivity index (χ2n) is 5.44. The van der Waals surface area contributed by atoms with Crippen molar-refractivity contribution in [3.05, 3.63) is 35.9 Å². The van der Waals surface area contributed by atoms with Crippen LogP contribution in [0.3, 0.4) is 0 Å². The van der Waals surface area contributed by atoms with E-state index in [1.165, 1.54) is 5.56 Å². The zero-order valence-corrected chi connectivity index (χ0v) is 12.3. The molecule has 0 spiro atoms. The Balaban J connectivity index is 2.17. The highest BCUT2D eigenvalue weighted by Crippen LogP contribution is 2.42. The molecule has 92 valence electrons. The van der Waals surface area contributed by atoms with E-state index in [1.807, 2.05) is 18.2 Å². The Bertz CT molecular complexity index is 376. The molecule has 1 fully saturated rings. The highest BCUT2D eigenvalue weighted by Gasteiger charge is 2.53. The van der Waals surface area contributed by atoms with Crippen LogP contribution in [0.25, 0.3) is 0 Å². The van der Waals surface area contributed by atoms with E-state index < -0.39 is 0 Å². The van der Waals surface area contributed by atoms with E-state index in [4.69, 9.17) is 9.31 Å². The van der Waals surface area contributed by atoms with Gasteiger partial charge in [0.25, 0.3) is 0 Å². The second kappa shape index (κ2) is 4.41. The zero-order valence-electron chi connectivity index (χ0n) is 10.7. The molecule has 1 heterocycles. The molecule has 1 aliphatic heterocycles. The van der Waals surface area contributed by atoms with Gasteiger partial charge in [-0.25, -0.2) is 0 Å². The molecule has 1 aliphatic rings. The van der Waals surface area contributed by atoms with Gasteiger partial charge in [-0.1, -0.05) is 46.3 Å². The van der Waals surface area contributed by atoms with Crippen molar-refractivity contribution in [3.63, 3.8) is 0 Å². The van der Waals surface area contributed by atoms with Gasteiger partial charge in [0.15, 0.2) is 0 Å². The Morgan fingerprint density at radius 2 is 1.47 bits per heavy atom. The molecule has 1 atom stereocenters. The maximum absolute atomic E-state index is 6.01. The van der Waals surface area contributed by atoms with Gasteiger partial charge in [-0.15, -0.1) is 0 Å². The number of benzene rings is 1. The lowest BCUT2D eigenvalue weighted by Gasteiger charge is -2.32. The molecule has 1 saturated heterocycles. The average Bonchev–Trinajstić information content (AvgIpc) is 2.48. The van der Waals surface area contributed by atoms with Gasteiger partial charge in [-0.2, -0.15) is 0 Å². The topological polar surface area (TPSA) is 18.5 Å². The molecule has 0 aromatic heterocycles. The Hall–Kier alpha value is -0.315. The predicted molar refractivity (Wildman–Crippen MR) is 74.2 cm³/mol. The van der Waals surface area contributed by atoms with Crippen LogP contribution in [0, 0.1) is 0 Å². The van der Waals surface area contributed by atoms with Gasteiger partial charge in [0.2, 0.25) is 0 Å². The van der Waals surface area contributed by atoms with E-state index in [2.05, 4.69) is 55.8 Å². The third kappa shape index (κ3) is 2.44. The summed E-state index contributed by atoms with van der Waals surface area (Å²) in [5.74, 6) is 0. The maximum atomic E-state index is 6.01. The molecule has 2 rings (SSSR count). The summed E-state index contributed by atoms with van der Waals surface area (Å²) in [6.45, 7) is 8.27. The molecule has 0 saturated carbocycles. The third-order valence-electron chi connectivity index (χ3n) is 3.63. The second-order valence-corrected chi connectivity index (χ2v) is 6.42. The van der Waals surface area contributed by atoms with Crippen molar-refractivity contribution < 1.29 is 9.31 Å². The summed E-state index contributed by atoms with van der Waals surface area (Å²) in [6.07, 6.45) is 0. The van der Waals surface area contributed by atoms with Crippen molar-refractivity contribution in [1.82, 2.24) is 0 Å². The predicted octanol–water partition coefficient (Wildman–Crippen LogP) is 3.75. The van der Waals surface area contributed by atoms with Crippen LogP contribution in [-0.4, -0.2) is 18.3 Å². The Kier molecular flexibility index (Phi) is 3.41. The molecule has 0 amide bonds. The van der Waals surface area contributed by atoms with Gasteiger partial charge < -0.3 is 9.31 Å². The van der Waals surface area contributed by atoms with Crippen LogP contribution in [0.5, 0.6) is 0 Å². The van der Waals surface area contributed by atoms with Crippen LogP contribution < -0.4 is 0 Å². The van der Waals surface area contributed by atoms with Gasteiger partial charge >= 0.3 is 7.12 Å². The van der Waals surface area contributed by atoms with E-state index in [-0.39, 0.29) is 23.0 Å². The van der Waals surface area contributed by atoms with Gasteiger partial charge in [-0.3, -0.25) is 0 Å². The molecular formula is C13H18BBrO2. The van der Waals surface area contributed by atoms with Crippen molar-refractivity contribution in [3.8, 4) is 0 Å². The smallest absolute Gasteiger partial charge is 0.402 e. The first kappa shape index (κ1) is 13.1. The fourth-order valence-electron chi connectivity index (χ4n) is 1.80. The Labute approximate surface area is 112 Å². The number of hydrogen-bond acceptors (Lipinski definition) is 2. The van der Waals surface area contributed by atoms with Crippen molar-refractivity contribution in [2.24, 2.45) is 0 Å². The SMILES string of the molecule is CC1(C)OB(C(Br)c2ccccc2)OC1(C)C.